The number of alkyl halides is 3. The van der Waals surface area contributed by atoms with E-state index in [1.54, 1.807) is 70.1 Å². The third-order valence-electron chi connectivity index (χ3n) is 21.4. The molecule has 0 radical (unpaired) electrons. The Morgan fingerprint density at radius 2 is 0.603 bits per heavy atom. The van der Waals surface area contributed by atoms with E-state index in [1.807, 2.05) is 6.92 Å². The van der Waals surface area contributed by atoms with Gasteiger partial charge in [-0.2, -0.15) is 0 Å². The number of aliphatic hydroxyl groups is 5. The Balaban J connectivity index is 0.000000148. The third kappa shape index (κ3) is 22.6. The fraction of sp³-hybridized carbons (Fsp3) is 0.610. The SMILES string of the molecule is C=P(C)(C)CC[C@H]1OC(n2cnc3c(=O)[nH]c(C)nc32)[C@H](Br)[C@@H]1O.C=P(C)(C)CC[C@H]1OC(n2cnc3c(=O)[nH]c(C)nc32)[C@H](C)[C@@H]1O.C=P(C)(C)CC[C@H]1OC(n2cnc3c(=O)[nH]c(C)nc32)[C@H](Cl)[C@@H]1O.C=P(C)(C)CC[C@H]1OC(n2cnc3c(=O)[nH]c(C)nc32)[C@H](Cl)[C@@H]1O.C=P(C)(C)CC[C@H]1OC(n2cnc3c(=O)[nH]c(C)nc32)[C@H](OC)[C@@H]1O. The Labute approximate surface area is 718 Å². The molecule has 10 N–H and O–H groups in total. The largest absolute Gasteiger partial charge is 0.390 e. The van der Waals surface area contributed by atoms with Crippen LogP contribution >= 0.6 is 73.6 Å². The number of fused-ring (bicyclic) bond motifs is 5. The van der Waals surface area contributed by atoms with Gasteiger partial charge in [0.25, 0.3) is 27.8 Å². The molecule has 20 atom stereocenters. The van der Waals surface area contributed by atoms with Crippen LogP contribution in [0.25, 0.3) is 55.8 Å². The molecule has 0 aliphatic carbocycles. The molecular weight excluding hydrogens is 1770 g/mol. The van der Waals surface area contributed by atoms with Crippen molar-refractivity contribution in [2.75, 3.05) is 105 Å². The first kappa shape index (κ1) is 95.5. The maximum atomic E-state index is 12.0. The Kier molecular flexibility index (Phi) is 30.2. The van der Waals surface area contributed by atoms with Crippen molar-refractivity contribution in [2.45, 2.75) is 188 Å². The zero-order valence-corrected chi connectivity index (χ0v) is 78.9. The van der Waals surface area contributed by atoms with E-state index in [1.165, 1.54) is 26.1 Å². The van der Waals surface area contributed by atoms with Crippen LogP contribution in [0.5, 0.6) is 0 Å². The van der Waals surface area contributed by atoms with E-state index in [2.05, 4.69) is 189 Å². The molecule has 5 aliphatic rings. The molecule has 0 saturated carbocycles. The lowest BCUT2D eigenvalue weighted by Crippen LogP contribution is -2.33. The second-order valence-corrected chi connectivity index (χ2v) is 58.9. The molecule has 10 aromatic heterocycles. The molecular formula is C77H116BrCl2N20O16P5. The number of ether oxygens (including phenoxy) is 6. The first-order valence-electron chi connectivity index (χ1n) is 39.6. The van der Waals surface area contributed by atoms with Crippen molar-refractivity contribution in [1.82, 2.24) is 97.6 Å². The minimum atomic E-state index is -1.21. The van der Waals surface area contributed by atoms with Crippen LogP contribution in [0.2, 0.25) is 0 Å². The number of nitrogens with one attached hydrogen (secondary N) is 5. The van der Waals surface area contributed by atoms with Crippen LogP contribution < -0.4 is 27.8 Å². The zero-order chi connectivity index (χ0) is 88.9. The molecule has 121 heavy (non-hydrogen) atoms. The van der Waals surface area contributed by atoms with Crippen LogP contribution in [-0.4, -0.2) is 342 Å². The van der Waals surface area contributed by atoms with Crippen molar-refractivity contribution in [2.24, 2.45) is 5.92 Å². The molecule has 15 heterocycles. The van der Waals surface area contributed by atoms with E-state index in [-0.39, 0.29) is 97.4 Å². The molecule has 36 nitrogen and oxygen atoms in total. The van der Waals surface area contributed by atoms with Crippen molar-refractivity contribution in [3.8, 4) is 0 Å². The fourth-order valence-electron chi connectivity index (χ4n) is 14.9. The highest BCUT2D eigenvalue weighted by atomic mass is 79.9. The Hall–Kier alpha value is -6.13. The summed E-state index contributed by atoms with van der Waals surface area (Å²) in [6.07, 6.45) is 28.5. The topological polar surface area (TPSA) is 474 Å². The molecule has 5 unspecified atom stereocenters. The van der Waals surface area contributed by atoms with Crippen molar-refractivity contribution in [3.05, 3.63) is 113 Å². The van der Waals surface area contributed by atoms with Crippen LogP contribution in [-0.2, 0) is 28.4 Å². The van der Waals surface area contributed by atoms with Gasteiger partial charge < -0.3 is 78.9 Å². The summed E-state index contributed by atoms with van der Waals surface area (Å²) in [5.41, 5.74) is 2.01. The molecule has 0 spiro atoms. The van der Waals surface area contributed by atoms with E-state index in [9.17, 15) is 49.5 Å². The summed E-state index contributed by atoms with van der Waals surface area (Å²) >= 11 is 16.3. The summed E-state index contributed by atoms with van der Waals surface area (Å²) in [6.45, 7) is 26.1. The molecule has 0 bridgehead atoms. The van der Waals surface area contributed by atoms with Crippen molar-refractivity contribution < 1.29 is 54.0 Å². The molecule has 44 heteroatoms. The predicted molar refractivity (Wildman–Crippen MR) is 493 cm³/mol. The lowest BCUT2D eigenvalue weighted by molar-refractivity contribution is -0.0496. The molecule has 666 valence electrons. The van der Waals surface area contributed by atoms with Gasteiger partial charge in [-0.1, -0.05) is 22.9 Å². The average Bonchev–Trinajstić information content (AvgIpc) is 1.64. The lowest BCUT2D eigenvalue weighted by atomic mass is 10.0. The fourth-order valence-corrected chi connectivity index (χ4v) is 21.0. The number of imidazole rings is 5. The number of hydrogen-bond donors (Lipinski definition) is 10. The Bertz CT molecular complexity index is 5390. The summed E-state index contributed by atoms with van der Waals surface area (Å²) in [5, 5.41) is 51.2. The monoisotopic (exact) mass is 1880 g/mol. The van der Waals surface area contributed by atoms with Gasteiger partial charge in [-0.05, 0) is 164 Å². The van der Waals surface area contributed by atoms with Gasteiger partial charge >= 0.3 is 0 Å². The van der Waals surface area contributed by atoms with E-state index in [0.717, 1.165) is 43.7 Å². The first-order valence-corrected chi connectivity index (χ1v) is 56.6. The lowest BCUT2D eigenvalue weighted by Gasteiger charge is -2.20. The van der Waals surface area contributed by atoms with Gasteiger partial charge in [-0.25, -0.2) is 49.8 Å². The van der Waals surface area contributed by atoms with Crippen LogP contribution in [0.1, 0.15) is 99.3 Å². The maximum absolute atomic E-state index is 12.0. The molecule has 5 saturated heterocycles. The molecule has 0 amide bonds. The molecule has 15 rings (SSSR count). The normalized spacial score (nSPS) is 27.7. The second-order valence-electron chi connectivity index (χ2n) is 35.3. The minimum Gasteiger partial charge on any atom is -0.390 e. The zero-order valence-electron chi connectivity index (χ0n) is 71.3. The maximum Gasteiger partial charge on any atom is 0.279 e. The number of aliphatic hydroxyl groups excluding tert-OH is 5. The van der Waals surface area contributed by atoms with Crippen LogP contribution in [0, 0.1) is 40.5 Å². The summed E-state index contributed by atoms with van der Waals surface area (Å²) < 4.78 is 44.2. The van der Waals surface area contributed by atoms with Crippen LogP contribution in [0.15, 0.2) is 55.6 Å². The average molecular weight is 1880 g/mol. The summed E-state index contributed by atoms with van der Waals surface area (Å²) in [6, 6.07) is 0. The highest BCUT2D eigenvalue weighted by Gasteiger charge is 2.49. The van der Waals surface area contributed by atoms with Crippen LogP contribution in [0.3, 0.4) is 0 Å². The number of H-pyrrole nitrogens is 5. The minimum absolute atomic E-state index is 0.111. The van der Waals surface area contributed by atoms with E-state index < -0.39 is 107 Å². The predicted octanol–water partition coefficient (Wildman–Crippen LogP) is 6.56. The number of aromatic amines is 5. The Morgan fingerprint density at radius 3 is 0.884 bits per heavy atom. The Morgan fingerprint density at radius 1 is 0.380 bits per heavy atom. The summed E-state index contributed by atoms with van der Waals surface area (Å²) in [4.78, 5) is 115. The van der Waals surface area contributed by atoms with Gasteiger partial charge in [0.15, 0.2) is 80.7 Å². The summed E-state index contributed by atoms with van der Waals surface area (Å²) in [5.74, 6) is 2.39. The molecule has 0 aromatic carbocycles. The van der Waals surface area contributed by atoms with Crippen molar-refractivity contribution in [1.29, 1.82) is 0 Å². The molecule has 10 aromatic rings. The quantitative estimate of drug-likeness (QED) is 0.0269. The number of hydrogen-bond acceptors (Lipinski definition) is 26. The van der Waals surface area contributed by atoms with Gasteiger partial charge in [0.1, 0.15) is 70.5 Å². The highest BCUT2D eigenvalue weighted by Crippen LogP contribution is 2.47. The number of rotatable bonds is 21. The van der Waals surface area contributed by atoms with Gasteiger partial charge in [0.05, 0.1) is 79.2 Å². The number of methoxy groups -OCH3 is 1. The smallest absolute Gasteiger partial charge is 0.279 e. The summed E-state index contributed by atoms with van der Waals surface area (Å²) in [7, 11) is 1.54. The van der Waals surface area contributed by atoms with Crippen molar-refractivity contribution >= 4 is 161 Å². The highest BCUT2D eigenvalue weighted by molar-refractivity contribution is 9.09. The number of aromatic nitrogens is 20. The van der Waals surface area contributed by atoms with E-state index >= 15 is 0 Å². The van der Waals surface area contributed by atoms with Gasteiger partial charge in [-0.15, -0.1) is 89.1 Å². The second kappa shape index (κ2) is 38.2. The third-order valence-corrected chi connectivity index (χ3v) is 30.7. The number of halogens is 3. The van der Waals surface area contributed by atoms with Gasteiger partial charge in [-0.3, -0.25) is 46.8 Å². The standard InChI is InChI=1S/C16H25N4O4P.C16H25N4O3P.C15H22BrN4O3P.2C15H22ClN4O3P/c1-9-18-14-11(15(22)19-9)17-8-20(14)16-13(23-2)12(21)10(24-16)6-7-25(3,4)5;1-9-13(21)11(6-7-24(3,4)5)23-16(9)20-8-17-12-14(20)18-10(2)19-15(12)22;3*1-8-18-13-11(14(22)19-8)17-7-20(13)15-10(16)12(21)9(23-15)5-6-24(2,3)4/h8,10,12-13,16,21H,3,6-7H2,1-2,4-5H3,(H,18,19,22);8-9,11,13,16,21H,3,6-7H2,1-2,4-5H3,(H,18,19,22);3*7,9-10,12,15,21H,2,5-6H2,1,3-4H3,(H,18,19,22)/t10-,12-,13-,16?;9-,11-,13+,16?;3*9-,10-,12-,15?/m11111/s1. The van der Waals surface area contributed by atoms with E-state index in [0.29, 0.717) is 82.1 Å². The number of aryl methyl sites for hydroxylation is 5. The van der Waals surface area contributed by atoms with Gasteiger partial charge in [0, 0.05) is 13.0 Å². The first-order chi connectivity index (χ1) is 56.4. The van der Waals surface area contributed by atoms with Crippen LogP contribution in [0.4, 0.5) is 0 Å². The van der Waals surface area contributed by atoms with Gasteiger partial charge in [0.2, 0.25) is 0 Å². The molecule has 5 fully saturated rings. The van der Waals surface area contributed by atoms with Crippen molar-refractivity contribution in [3.63, 3.8) is 0 Å². The van der Waals surface area contributed by atoms with E-state index in [4.69, 9.17) is 51.6 Å². The molecule has 5 aliphatic heterocycles. The number of nitrogens with zero attached hydrogens (tertiary/aromatic N) is 15.